The zero-order chi connectivity index (χ0) is 17.5. The number of hydrazine groups is 1. The largest absolute Gasteiger partial charge is 0.467 e. The van der Waals surface area contributed by atoms with Crippen molar-refractivity contribution in [1.82, 2.24) is 15.8 Å². The standard InChI is InChI=1S/C16H21N3O5/c1-3-19-12(9-13(20)18-19)14(15(21)23-2)17-16(22)24-10-11-7-5-4-6-8-11/h4-8,12,14H,3,9-10H2,1-2H3,(H,17,22)(H,18,20)/t12-,14+/m0/s1. The molecule has 1 aromatic rings. The van der Waals surface area contributed by atoms with Crippen LogP contribution in [0.4, 0.5) is 4.79 Å². The van der Waals surface area contributed by atoms with Crippen LogP contribution in [0.5, 0.6) is 0 Å². The third kappa shape index (κ3) is 4.45. The lowest BCUT2D eigenvalue weighted by atomic mass is 10.1. The first-order valence-electron chi connectivity index (χ1n) is 7.66. The highest BCUT2D eigenvalue weighted by Gasteiger charge is 2.40. The van der Waals surface area contributed by atoms with Crippen molar-refractivity contribution in [1.29, 1.82) is 0 Å². The minimum Gasteiger partial charge on any atom is -0.467 e. The summed E-state index contributed by atoms with van der Waals surface area (Å²) in [6.07, 6.45) is -0.656. The van der Waals surface area contributed by atoms with E-state index in [1.54, 1.807) is 5.01 Å². The Hall–Kier alpha value is -2.61. The summed E-state index contributed by atoms with van der Waals surface area (Å²) in [5, 5.41) is 4.09. The summed E-state index contributed by atoms with van der Waals surface area (Å²) in [6, 6.07) is 7.65. The Morgan fingerprint density at radius 2 is 2.08 bits per heavy atom. The SMILES string of the molecule is CCN1NC(=O)C[C@H]1[C@@H](NC(=O)OCc1ccccc1)C(=O)OC. The molecule has 8 nitrogen and oxygen atoms in total. The van der Waals surface area contributed by atoms with Crippen molar-refractivity contribution < 1.29 is 23.9 Å². The summed E-state index contributed by atoms with van der Waals surface area (Å²) in [5.74, 6) is -0.846. The number of benzene rings is 1. The number of amides is 2. The number of nitrogens with zero attached hydrogens (tertiary/aromatic N) is 1. The van der Waals surface area contributed by atoms with Gasteiger partial charge in [0.2, 0.25) is 5.91 Å². The molecule has 0 aliphatic carbocycles. The zero-order valence-corrected chi connectivity index (χ0v) is 13.7. The van der Waals surface area contributed by atoms with Crippen LogP contribution in [0.15, 0.2) is 30.3 Å². The van der Waals surface area contributed by atoms with E-state index in [1.807, 2.05) is 37.3 Å². The Balaban J connectivity index is 1.99. The van der Waals surface area contributed by atoms with Crippen LogP contribution < -0.4 is 10.7 Å². The fourth-order valence-electron chi connectivity index (χ4n) is 2.53. The second-order valence-corrected chi connectivity index (χ2v) is 5.30. The van der Waals surface area contributed by atoms with Gasteiger partial charge >= 0.3 is 12.1 Å². The number of carbonyl (C=O) groups is 3. The molecule has 1 aromatic carbocycles. The van der Waals surface area contributed by atoms with Gasteiger partial charge in [0.05, 0.1) is 13.2 Å². The molecule has 1 aliphatic heterocycles. The van der Waals surface area contributed by atoms with Crippen molar-refractivity contribution in [2.24, 2.45) is 0 Å². The van der Waals surface area contributed by atoms with E-state index >= 15 is 0 Å². The molecule has 0 radical (unpaired) electrons. The highest BCUT2D eigenvalue weighted by Crippen LogP contribution is 2.15. The number of hydrogen-bond acceptors (Lipinski definition) is 6. The van der Waals surface area contributed by atoms with Crippen molar-refractivity contribution in [3.63, 3.8) is 0 Å². The van der Waals surface area contributed by atoms with E-state index in [4.69, 9.17) is 9.47 Å². The van der Waals surface area contributed by atoms with Gasteiger partial charge in [-0.1, -0.05) is 37.3 Å². The Labute approximate surface area is 140 Å². The average molecular weight is 335 g/mol. The molecule has 0 bridgehead atoms. The molecule has 2 atom stereocenters. The first-order chi connectivity index (χ1) is 11.5. The van der Waals surface area contributed by atoms with E-state index in [2.05, 4.69) is 10.7 Å². The van der Waals surface area contributed by atoms with E-state index in [0.717, 1.165) is 5.56 Å². The Bertz CT molecular complexity index is 593. The van der Waals surface area contributed by atoms with Crippen LogP contribution in [0.25, 0.3) is 0 Å². The topological polar surface area (TPSA) is 97.0 Å². The molecule has 2 N–H and O–H groups in total. The lowest BCUT2D eigenvalue weighted by molar-refractivity contribution is -0.144. The molecule has 0 saturated carbocycles. The van der Waals surface area contributed by atoms with E-state index in [9.17, 15) is 14.4 Å². The summed E-state index contributed by atoms with van der Waals surface area (Å²) in [5.41, 5.74) is 3.47. The van der Waals surface area contributed by atoms with Gasteiger partial charge in [0, 0.05) is 13.0 Å². The van der Waals surface area contributed by atoms with Gasteiger partial charge in [0.25, 0.3) is 0 Å². The molecule has 0 spiro atoms. The highest BCUT2D eigenvalue weighted by molar-refractivity contribution is 5.85. The van der Waals surface area contributed by atoms with Gasteiger partial charge in [-0.15, -0.1) is 0 Å². The zero-order valence-electron chi connectivity index (χ0n) is 13.7. The van der Waals surface area contributed by atoms with Crippen LogP contribution in [0.1, 0.15) is 18.9 Å². The van der Waals surface area contributed by atoms with E-state index in [0.29, 0.717) is 6.54 Å². The predicted octanol–water partition coefficient (Wildman–Crippen LogP) is 0.580. The second-order valence-electron chi connectivity index (χ2n) is 5.30. The third-order valence-corrected chi connectivity index (χ3v) is 3.73. The average Bonchev–Trinajstić information content (AvgIpc) is 2.98. The fourth-order valence-corrected chi connectivity index (χ4v) is 2.53. The van der Waals surface area contributed by atoms with Gasteiger partial charge < -0.3 is 14.8 Å². The number of ether oxygens (including phenoxy) is 2. The first kappa shape index (κ1) is 17.7. The Morgan fingerprint density at radius 3 is 2.71 bits per heavy atom. The second kappa shape index (κ2) is 8.30. The number of rotatable bonds is 6. The maximum atomic E-state index is 12.0. The summed E-state index contributed by atoms with van der Waals surface area (Å²) >= 11 is 0. The number of nitrogens with one attached hydrogen (secondary N) is 2. The minimum atomic E-state index is -1.00. The summed E-state index contributed by atoms with van der Waals surface area (Å²) in [4.78, 5) is 35.6. The molecule has 130 valence electrons. The number of hydrogen-bond donors (Lipinski definition) is 2. The van der Waals surface area contributed by atoms with Crippen molar-refractivity contribution in [2.45, 2.75) is 32.0 Å². The summed E-state index contributed by atoms with van der Waals surface area (Å²) in [6.45, 7) is 2.41. The van der Waals surface area contributed by atoms with Crippen LogP contribution in [0, 0.1) is 0 Å². The van der Waals surface area contributed by atoms with Crippen molar-refractivity contribution in [2.75, 3.05) is 13.7 Å². The number of methoxy groups -OCH3 is 1. The molecule has 1 aliphatic rings. The van der Waals surface area contributed by atoms with Crippen LogP contribution in [-0.2, 0) is 25.7 Å². The smallest absolute Gasteiger partial charge is 0.408 e. The van der Waals surface area contributed by atoms with Gasteiger partial charge in [-0.25, -0.2) is 14.6 Å². The Morgan fingerprint density at radius 1 is 1.38 bits per heavy atom. The highest BCUT2D eigenvalue weighted by atomic mass is 16.6. The molecule has 24 heavy (non-hydrogen) atoms. The van der Waals surface area contributed by atoms with Crippen molar-refractivity contribution >= 4 is 18.0 Å². The lowest BCUT2D eigenvalue weighted by Crippen LogP contribution is -2.55. The molecule has 2 rings (SSSR count). The van der Waals surface area contributed by atoms with Gasteiger partial charge in [-0.05, 0) is 5.56 Å². The number of esters is 1. The molecule has 0 unspecified atom stereocenters. The molecule has 1 fully saturated rings. The maximum Gasteiger partial charge on any atom is 0.408 e. The molecule has 1 heterocycles. The molecular weight excluding hydrogens is 314 g/mol. The number of carbonyl (C=O) groups excluding carboxylic acids is 3. The van der Waals surface area contributed by atoms with Crippen LogP contribution in [0.3, 0.4) is 0 Å². The normalized spacial score (nSPS) is 18.6. The maximum absolute atomic E-state index is 12.0. The summed E-state index contributed by atoms with van der Waals surface area (Å²) < 4.78 is 9.87. The van der Waals surface area contributed by atoms with Crippen LogP contribution in [0.2, 0.25) is 0 Å². The monoisotopic (exact) mass is 335 g/mol. The number of likely N-dealkylation sites (N-methyl/N-ethyl adjacent to an activating group) is 1. The van der Waals surface area contributed by atoms with Crippen LogP contribution in [-0.4, -0.2) is 48.7 Å². The van der Waals surface area contributed by atoms with E-state index in [-0.39, 0.29) is 18.9 Å². The molecule has 2 amide bonds. The van der Waals surface area contributed by atoms with Gasteiger partial charge in [0.15, 0.2) is 0 Å². The molecule has 0 aromatic heterocycles. The quantitative estimate of drug-likeness (QED) is 0.738. The van der Waals surface area contributed by atoms with E-state index in [1.165, 1.54) is 7.11 Å². The predicted molar refractivity (Wildman–Crippen MR) is 84.5 cm³/mol. The molecule has 8 heteroatoms. The summed E-state index contributed by atoms with van der Waals surface area (Å²) in [7, 11) is 1.23. The van der Waals surface area contributed by atoms with Crippen LogP contribution >= 0.6 is 0 Å². The van der Waals surface area contributed by atoms with Crippen molar-refractivity contribution in [3.8, 4) is 0 Å². The number of alkyl carbamates (subject to hydrolysis) is 1. The van der Waals surface area contributed by atoms with Gasteiger partial charge in [0.1, 0.15) is 12.6 Å². The Kier molecular flexibility index (Phi) is 6.14. The molecular formula is C16H21N3O5. The molecule has 1 saturated heterocycles. The van der Waals surface area contributed by atoms with Gasteiger partial charge in [-0.3, -0.25) is 10.2 Å². The van der Waals surface area contributed by atoms with Gasteiger partial charge in [-0.2, -0.15) is 0 Å². The van der Waals surface area contributed by atoms with E-state index < -0.39 is 24.1 Å². The third-order valence-electron chi connectivity index (χ3n) is 3.73. The van der Waals surface area contributed by atoms with Crippen molar-refractivity contribution in [3.05, 3.63) is 35.9 Å². The lowest BCUT2D eigenvalue weighted by Gasteiger charge is -2.28. The first-order valence-corrected chi connectivity index (χ1v) is 7.66. The minimum absolute atomic E-state index is 0.0832. The fraction of sp³-hybridized carbons (Fsp3) is 0.438.